The van der Waals surface area contributed by atoms with Gasteiger partial charge in [0.2, 0.25) is 5.16 Å². The number of H-pyrrole nitrogens is 1. The van der Waals surface area contributed by atoms with Crippen molar-refractivity contribution in [3.05, 3.63) is 34.5 Å². The Labute approximate surface area is 124 Å². The van der Waals surface area contributed by atoms with Crippen LogP contribution in [-0.4, -0.2) is 38.5 Å². The molecule has 0 aliphatic rings. The summed E-state index contributed by atoms with van der Waals surface area (Å²) in [5.74, 6) is -0.238. The smallest absolute Gasteiger partial charge is 0.342 e. The number of phenolic OH excluding ortho intramolecular Hbond substituents is 1. The van der Waals surface area contributed by atoms with Crippen LogP contribution in [0.15, 0.2) is 28.3 Å². The minimum Gasteiger partial charge on any atom is -0.504 e. The number of carboxylic acids is 1. The molecule has 0 spiro atoms. The number of phenols is 1. The van der Waals surface area contributed by atoms with E-state index in [2.05, 4.69) is 15.2 Å². The summed E-state index contributed by atoms with van der Waals surface area (Å²) in [6.07, 6.45) is 1.43. The Kier molecular flexibility index (Phi) is 4.49. The molecule has 2 rings (SSSR count). The molecule has 1 aromatic heterocycles. The summed E-state index contributed by atoms with van der Waals surface area (Å²) in [5, 5.41) is 25.8. The highest BCUT2D eigenvalue weighted by atomic mass is 32.2. The molecule has 0 saturated carbocycles. The number of ether oxygens (including phenoxy) is 1. The lowest BCUT2D eigenvalue weighted by Gasteiger charge is -2.04. The molecule has 3 N–H and O–H groups in total. The van der Waals surface area contributed by atoms with Crippen molar-refractivity contribution in [3.8, 4) is 11.5 Å². The van der Waals surface area contributed by atoms with Gasteiger partial charge in [-0.05, 0) is 42.5 Å². The number of aromatic amines is 1. The van der Waals surface area contributed by atoms with Gasteiger partial charge in [0.25, 0.3) is 0 Å². The lowest BCUT2D eigenvalue weighted by molar-refractivity contribution is -0.131. The summed E-state index contributed by atoms with van der Waals surface area (Å²) in [7, 11) is 1.44. The average Bonchev–Trinajstić information content (AvgIpc) is 2.83. The van der Waals surface area contributed by atoms with Crippen molar-refractivity contribution in [2.75, 3.05) is 7.11 Å². The quantitative estimate of drug-likeness (QED) is 0.573. The van der Waals surface area contributed by atoms with E-state index in [0.717, 1.165) is 11.8 Å². The number of aliphatic carboxylic acids is 1. The number of aromatic nitrogens is 3. The van der Waals surface area contributed by atoms with Crippen molar-refractivity contribution in [1.29, 1.82) is 0 Å². The van der Waals surface area contributed by atoms with Crippen LogP contribution in [0.25, 0.3) is 6.08 Å². The van der Waals surface area contributed by atoms with Gasteiger partial charge in [-0.3, -0.25) is 5.10 Å². The highest BCUT2D eigenvalue weighted by Gasteiger charge is 2.13. The topological polar surface area (TPSA) is 108 Å². The number of rotatable bonds is 5. The molecule has 0 aliphatic heterocycles. The molecule has 0 radical (unpaired) electrons. The van der Waals surface area contributed by atoms with Crippen LogP contribution in [-0.2, 0) is 4.79 Å². The van der Waals surface area contributed by atoms with Crippen molar-refractivity contribution < 1.29 is 19.7 Å². The van der Waals surface area contributed by atoms with Gasteiger partial charge < -0.3 is 14.9 Å². The fourth-order valence-electron chi connectivity index (χ4n) is 1.55. The number of methoxy groups -OCH3 is 1. The number of nitrogens with zero attached hydrogens (tertiary/aromatic N) is 2. The van der Waals surface area contributed by atoms with E-state index in [0.29, 0.717) is 22.3 Å². The van der Waals surface area contributed by atoms with E-state index in [1.165, 1.54) is 19.3 Å². The van der Waals surface area contributed by atoms with Crippen LogP contribution in [0.3, 0.4) is 0 Å². The third kappa shape index (κ3) is 3.76. The number of carbonyl (C=O) groups is 1. The number of carboxylic acid groups (broad SMARTS) is 1. The van der Waals surface area contributed by atoms with E-state index >= 15 is 0 Å². The number of benzene rings is 1. The van der Waals surface area contributed by atoms with Gasteiger partial charge in [0.15, 0.2) is 11.5 Å². The highest BCUT2D eigenvalue weighted by molar-refractivity contribution is 8.04. The Balaban J connectivity index is 2.29. The Morgan fingerprint density at radius 3 is 2.76 bits per heavy atom. The zero-order valence-electron chi connectivity index (χ0n) is 11.3. The molecular weight excluding hydrogens is 294 g/mol. The highest BCUT2D eigenvalue weighted by Crippen LogP contribution is 2.30. The second-order valence-electron chi connectivity index (χ2n) is 4.05. The predicted molar refractivity (Wildman–Crippen MR) is 77.2 cm³/mol. The van der Waals surface area contributed by atoms with E-state index < -0.39 is 5.97 Å². The van der Waals surface area contributed by atoms with Crippen molar-refractivity contribution in [2.24, 2.45) is 0 Å². The van der Waals surface area contributed by atoms with Gasteiger partial charge in [-0.2, -0.15) is 0 Å². The largest absolute Gasteiger partial charge is 0.504 e. The molecule has 1 heterocycles. The van der Waals surface area contributed by atoms with Crippen LogP contribution in [0.5, 0.6) is 11.5 Å². The monoisotopic (exact) mass is 307 g/mol. The molecule has 0 aliphatic carbocycles. The maximum Gasteiger partial charge on any atom is 0.342 e. The Morgan fingerprint density at radius 2 is 2.24 bits per heavy atom. The van der Waals surface area contributed by atoms with Crippen LogP contribution in [0.1, 0.15) is 11.4 Å². The molecule has 0 amide bonds. The standard InChI is InChI=1S/C13H13N3O4S/c1-7-14-13(16-15-7)21-11(12(18)19)6-8-3-4-10(20-2)9(17)5-8/h3-6,17H,1-2H3,(H,18,19)(H,14,15,16). The molecule has 7 nitrogen and oxygen atoms in total. The number of hydrogen-bond acceptors (Lipinski definition) is 6. The van der Waals surface area contributed by atoms with Gasteiger partial charge in [-0.25, -0.2) is 9.78 Å². The summed E-state index contributed by atoms with van der Waals surface area (Å²) >= 11 is 0.924. The van der Waals surface area contributed by atoms with Crippen LogP contribution in [0.2, 0.25) is 0 Å². The molecule has 0 unspecified atom stereocenters. The Morgan fingerprint density at radius 1 is 1.48 bits per heavy atom. The van der Waals surface area contributed by atoms with Gasteiger partial charge in [0.1, 0.15) is 10.7 Å². The summed E-state index contributed by atoms with van der Waals surface area (Å²) < 4.78 is 4.93. The third-order valence-corrected chi connectivity index (χ3v) is 3.37. The van der Waals surface area contributed by atoms with Gasteiger partial charge >= 0.3 is 5.97 Å². The van der Waals surface area contributed by atoms with Crippen molar-refractivity contribution in [2.45, 2.75) is 12.1 Å². The van der Waals surface area contributed by atoms with E-state index in [1.807, 2.05) is 0 Å². The van der Waals surface area contributed by atoms with E-state index in [1.54, 1.807) is 19.1 Å². The zero-order chi connectivity index (χ0) is 15.4. The van der Waals surface area contributed by atoms with Gasteiger partial charge in [0.05, 0.1) is 7.11 Å². The molecular formula is C13H13N3O4S. The van der Waals surface area contributed by atoms with Crippen molar-refractivity contribution >= 4 is 23.8 Å². The maximum atomic E-state index is 11.3. The van der Waals surface area contributed by atoms with E-state index in [4.69, 9.17) is 4.74 Å². The fourth-order valence-corrected chi connectivity index (χ4v) is 2.30. The van der Waals surface area contributed by atoms with Crippen LogP contribution in [0.4, 0.5) is 0 Å². The lowest BCUT2D eigenvalue weighted by atomic mass is 10.2. The fraction of sp³-hybridized carbons (Fsp3) is 0.154. The first-order valence-corrected chi connectivity index (χ1v) is 6.70. The SMILES string of the molecule is COc1ccc(C=C(Sc2n[nH]c(C)n2)C(=O)O)cc1O. The minimum atomic E-state index is -1.10. The Hall–Kier alpha value is -2.48. The van der Waals surface area contributed by atoms with Crippen molar-refractivity contribution in [3.63, 3.8) is 0 Å². The normalized spacial score (nSPS) is 11.4. The van der Waals surface area contributed by atoms with Gasteiger partial charge in [0, 0.05) is 0 Å². The van der Waals surface area contributed by atoms with Gasteiger partial charge in [-0.15, -0.1) is 5.10 Å². The Bertz CT molecular complexity index is 696. The third-order valence-electron chi connectivity index (χ3n) is 2.49. The number of aryl methyl sites for hydroxylation is 1. The van der Waals surface area contributed by atoms with Crippen molar-refractivity contribution in [1.82, 2.24) is 15.2 Å². The predicted octanol–water partition coefficient (Wildman–Crippen LogP) is 2.05. The van der Waals surface area contributed by atoms with Crippen LogP contribution < -0.4 is 4.74 Å². The molecule has 21 heavy (non-hydrogen) atoms. The molecule has 0 atom stereocenters. The first-order valence-electron chi connectivity index (χ1n) is 5.88. The van der Waals surface area contributed by atoms with Gasteiger partial charge in [-0.1, -0.05) is 6.07 Å². The molecule has 0 fully saturated rings. The number of aromatic hydroxyl groups is 1. The first kappa shape index (κ1) is 14.9. The number of thioether (sulfide) groups is 1. The molecule has 8 heteroatoms. The first-order chi connectivity index (χ1) is 9.99. The molecule has 0 bridgehead atoms. The molecule has 0 saturated heterocycles. The average molecular weight is 307 g/mol. The van der Waals surface area contributed by atoms with E-state index in [-0.39, 0.29) is 10.7 Å². The minimum absolute atomic E-state index is 0.0403. The number of hydrogen-bond donors (Lipinski definition) is 3. The van der Waals surface area contributed by atoms with E-state index in [9.17, 15) is 15.0 Å². The summed E-state index contributed by atoms with van der Waals surface area (Å²) in [6, 6.07) is 4.62. The lowest BCUT2D eigenvalue weighted by Crippen LogP contribution is -1.97. The number of nitrogens with one attached hydrogen (secondary N) is 1. The second-order valence-corrected chi connectivity index (χ2v) is 5.06. The summed E-state index contributed by atoms with van der Waals surface area (Å²) in [4.78, 5) is 15.4. The second kappa shape index (κ2) is 6.31. The molecule has 1 aromatic carbocycles. The maximum absolute atomic E-state index is 11.3. The summed E-state index contributed by atoms with van der Waals surface area (Å²) in [5.41, 5.74) is 0.533. The summed E-state index contributed by atoms with van der Waals surface area (Å²) in [6.45, 7) is 1.72. The zero-order valence-corrected chi connectivity index (χ0v) is 12.1. The molecule has 2 aromatic rings. The van der Waals surface area contributed by atoms with Crippen LogP contribution in [0, 0.1) is 6.92 Å². The molecule has 110 valence electrons. The van der Waals surface area contributed by atoms with Crippen LogP contribution >= 0.6 is 11.8 Å².